The van der Waals surface area contributed by atoms with Crippen molar-refractivity contribution >= 4 is 43.4 Å². The van der Waals surface area contributed by atoms with E-state index in [4.69, 9.17) is 5.26 Å². The standard InChI is InChI=1S/C12H11Br2FN4/c1-2-18-7-19(11(6-16)17-18)12-8(5-13)3-9(15)4-10(12)14/h3-4H,2,5,7H2,1H3. The summed E-state index contributed by atoms with van der Waals surface area (Å²) in [5.74, 6) is 0.00317. The van der Waals surface area contributed by atoms with E-state index in [-0.39, 0.29) is 5.82 Å². The first-order chi connectivity index (χ1) is 9.10. The van der Waals surface area contributed by atoms with Crippen molar-refractivity contribution in [2.45, 2.75) is 12.3 Å². The summed E-state index contributed by atoms with van der Waals surface area (Å²) in [5.41, 5.74) is 1.54. The number of benzene rings is 1. The Labute approximate surface area is 127 Å². The first-order valence-electron chi connectivity index (χ1n) is 5.65. The second kappa shape index (κ2) is 5.88. The van der Waals surface area contributed by atoms with Gasteiger partial charge >= 0.3 is 0 Å². The van der Waals surface area contributed by atoms with Gasteiger partial charge in [-0.3, -0.25) is 9.91 Å². The van der Waals surface area contributed by atoms with E-state index < -0.39 is 0 Å². The Balaban J connectivity index is 2.49. The van der Waals surface area contributed by atoms with Gasteiger partial charge in [-0.1, -0.05) is 15.9 Å². The summed E-state index contributed by atoms with van der Waals surface area (Å²) in [6, 6.07) is 4.93. The van der Waals surface area contributed by atoms with Gasteiger partial charge in [-0.25, -0.2) is 4.39 Å². The fourth-order valence-electron chi connectivity index (χ4n) is 1.90. The van der Waals surface area contributed by atoms with Crippen LogP contribution >= 0.6 is 31.9 Å². The van der Waals surface area contributed by atoms with Crippen LogP contribution in [-0.2, 0) is 5.33 Å². The van der Waals surface area contributed by atoms with E-state index >= 15 is 0 Å². The Morgan fingerprint density at radius 2 is 2.26 bits per heavy atom. The van der Waals surface area contributed by atoms with Crippen molar-refractivity contribution in [1.29, 1.82) is 5.26 Å². The third kappa shape index (κ3) is 2.74. The van der Waals surface area contributed by atoms with Gasteiger partial charge in [0.2, 0.25) is 5.84 Å². The lowest BCUT2D eigenvalue weighted by atomic mass is 10.2. The molecule has 1 aromatic carbocycles. The van der Waals surface area contributed by atoms with Crippen molar-refractivity contribution in [3.8, 4) is 6.07 Å². The molecule has 1 aliphatic heterocycles. The maximum absolute atomic E-state index is 13.4. The molecule has 100 valence electrons. The van der Waals surface area contributed by atoms with Gasteiger partial charge in [-0.2, -0.15) is 5.26 Å². The molecule has 1 heterocycles. The molecule has 1 aliphatic rings. The largest absolute Gasteiger partial charge is 0.295 e. The van der Waals surface area contributed by atoms with Gasteiger partial charge in [0.15, 0.2) is 0 Å². The predicted molar refractivity (Wildman–Crippen MR) is 79.5 cm³/mol. The SMILES string of the molecule is CCN1CN(c2c(Br)cc(F)cc2CBr)C(C#N)=N1. The Morgan fingerprint density at radius 3 is 2.84 bits per heavy atom. The van der Waals surface area contributed by atoms with E-state index in [1.165, 1.54) is 12.1 Å². The lowest BCUT2D eigenvalue weighted by molar-refractivity contribution is 0.337. The molecule has 0 fully saturated rings. The summed E-state index contributed by atoms with van der Waals surface area (Å²) >= 11 is 6.71. The quantitative estimate of drug-likeness (QED) is 0.744. The van der Waals surface area contributed by atoms with Gasteiger partial charge in [0.25, 0.3) is 0 Å². The number of nitriles is 1. The molecular formula is C12H11Br2FN4. The van der Waals surface area contributed by atoms with Gasteiger partial charge in [-0.05, 0) is 40.5 Å². The molecule has 7 heteroatoms. The van der Waals surface area contributed by atoms with Crippen molar-refractivity contribution in [3.05, 3.63) is 28.0 Å². The molecule has 19 heavy (non-hydrogen) atoms. The Hall–Kier alpha value is -1.13. The van der Waals surface area contributed by atoms with Gasteiger partial charge in [0, 0.05) is 16.3 Å². The molecule has 0 N–H and O–H groups in total. The zero-order valence-corrected chi connectivity index (χ0v) is 13.4. The summed E-state index contributed by atoms with van der Waals surface area (Å²) < 4.78 is 14.0. The Bertz CT molecular complexity index is 568. The number of hydrogen-bond acceptors (Lipinski definition) is 4. The first-order valence-corrected chi connectivity index (χ1v) is 7.57. The number of nitrogens with zero attached hydrogens (tertiary/aromatic N) is 4. The van der Waals surface area contributed by atoms with Crippen molar-refractivity contribution < 1.29 is 4.39 Å². The normalized spacial score (nSPS) is 14.6. The number of hydrogen-bond donors (Lipinski definition) is 0. The summed E-state index contributed by atoms with van der Waals surface area (Å²) in [6.45, 7) is 3.17. The zero-order chi connectivity index (χ0) is 14.0. The van der Waals surface area contributed by atoms with Gasteiger partial charge in [-0.15, -0.1) is 5.10 Å². The van der Waals surface area contributed by atoms with Gasteiger partial charge < -0.3 is 0 Å². The molecule has 0 atom stereocenters. The zero-order valence-electron chi connectivity index (χ0n) is 10.2. The van der Waals surface area contributed by atoms with Gasteiger partial charge in [0.05, 0.1) is 5.69 Å². The van der Waals surface area contributed by atoms with E-state index in [1.54, 1.807) is 9.91 Å². The number of amidine groups is 1. The number of anilines is 1. The molecule has 0 aliphatic carbocycles. The minimum Gasteiger partial charge on any atom is -0.295 e. The molecule has 0 saturated carbocycles. The van der Waals surface area contributed by atoms with E-state index in [0.29, 0.717) is 28.9 Å². The number of rotatable bonds is 3. The van der Waals surface area contributed by atoms with Crippen LogP contribution in [0.1, 0.15) is 12.5 Å². The van der Waals surface area contributed by atoms with Crippen LogP contribution in [0.25, 0.3) is 0 Å². The van der Waals surface area contributed by atoms with Crippen LogP contribution in [0, 0.1) is 17.1 Å². The Morgan fingerprint density at radius 1 is 1.53 bits per heavy atom. The lowest BCUT2D eigenvalue weighted by Crippen LogP contribution is -2.31. The highest BCUT2D eigenvalue weighted by Crippen LogP contribution is 2.34. The predicted octanol–water partition coefficient (Wildman–Crippen LogP) is 3.42. The molecule has 2 rings (SSSR count). The molecule has 1 aromatic rings. The summed E-state index contributed by atoms with van der Waals surface area (Å²) in [5, 5.41) is 15.7. The Kier molecular flexibility index (Phi) is 4.42. The van der Waals surface area contributed by atoms with E-state index in [1.807, 2.05) is 6.92 Å². The van der Waals surface area contributed by atoms with Crippen LogP contribution in [0.2, 0.25) is 0 Å². The number of alkyl halides is 1. The molecule has 0 amide bonds. The van der Waals surface area contributed by atoms with Crippen LogP contribution in [0.5, 0.6) is 0 Å². The summed E-state index contributed by atoms with van der Waals surface area (Å²) in [4.78, 5) is 1.78. The van der Waals surface area contributed by atoms with Crippen molar-refractivity contribution in [3.63, 3.8) is 0 Å². The fourth-order valence-corrected chi connectivity index (χ4v) is 3.02. The van der Waals surface area contributed by atoms with Crippen LogP contribution in [-0.4, -0.2) is 24.1 Å². The smallest absolute Gasteiger partial charge is 0.233 e. The third-order valence-corrected chi connectivity index (χ3v) is 3.99. The van der Waals surface area contributed by atoms with Crippen LogP contribution in [0.4, 0.5) is 10.1 Å². The lowest BCUT2D eigenvalue weighted by Gasteiger charge is -2.22. The summed E-state index contributed by atoms with van der Waals surface area (Å²) in [6.07, 6.45) is 0. The topological polar surface area (TPSA) is 42.6 Å². The monoisotopic (exact) mass is 388 g/mol. The molecule has 0 saturated heterocycles. The first kappa shape index (κ1) is 14.3. The van der Waals surface area contributed by atoms with Crippen LogP contribution in [0.3, 0.4) is 0 Å². The molecule has 0 aromatic heterocycles. The highest BCUT2D eigenvalue weighted by molar-refractivity contribution is 9.10. The molecule has 0 spiro atoms. The van der Waals surface area contributed by atoms with Crippen molar-refractivity contribution in [2.24, 2.45) is 5.10 Å². The molecule has 0 radical (unpaired) electrons. The van der Waals surface area contributed by atoms with Gasteiger partial charge in [0.1, 0.15) is 18.6 Å². The van der Waals surface area contributed by atoms with E-state index in [9.17, 15) is 4.39 Å². The average molecular weight is 390 g/mol. The second-order valence-electron chi connectivity index (χ2n) is 3.96. The third-order valence-electron chi connectivity index (χ3n) is 2.78. The maximum Gasteiger partial charge on any atom is 0.233 e. The van der Waals surface area contributed by atoms with Crippen molar-refractivity contribution in [1.82, 2.24) is 5.01 Å². The fraction of sp³-hybridized carbons (Fsp3) is 0.333. The minimum absolute atomic E-state index is 0.313. The maximum atomic E-state index is 13.4. The molecular weight excluding hydrogens is 379 g/mol. The van der Waals surface area contributed by atoms with E-state index in [2.05, 4.69) is 43.0 Å². The minimum atomic E-state index is -0.313. The highest BCUT2D eigenvalue weighted by Gasteiger charge is 2.27. The summed E-state index contributed by atoms with van der Waals surface area (Å²) in [7, 11) is 0. The number of halogens is 3. The number of hydrazone groups is 1. The van der Waals surface area contributed by atoms with E-state index in [0.717, 1.165) is 11.3 Å². The molecule has 0 bridgehead atoms. The van der Waals surface area contributed by atoms with Crippen LogP contribution in [0.15, 0.2) is 21.7 Å². The average Bonchev–Trinajstić information content (AvgIpc) is 2.80. The highest BCUT2D eigenvalue weighted by atomic mass is 79.9. The second-order valence-corrected chi connectivity index (χ2v) is 5.37. The molecule has 4 nitrogen and oxygen atoms in total. The molecule has 0 unspecified atom stereocenters. The van der Waals surface area contributed by atoms with Crippen LogP contribution < -0.4 is 4.90 Å². The van der Waals surface area contributed by atoms with Crippen molar-refractivity contribution in [2.75, 3.05) is 18.1 Å².